The Kier molecular flexibility index (Phi) is 3.00. The normalized spacial score (nSPS) is 13.7. The standard InChI is InChI=1S/C8H16N4O/c1-5(2)12-6(3)10-11-8(12)7(9)4-13/h5,7,13H,4,9H2,1-3H3/t7-/m0/s1. The second-order valence-corrected chi connectivity index (χ2v) is 3.36. The molecular weight excluding hydrogens is 168 g/mol. The van der Waals surface area contributed by atoms with E-state index < -0.39 is 6.04 Å². The number of hydrogen-bond acceptors (Lipinski definition) is 4. The Morgan fingerprint density at radius 2 is 2.08 bits per heavy atom. The number of aliphatic hydroxyl groups excluding tert-OH is 1. The fraction of sp³-hybridized carbons (Fsp3) is 0.750. The third-order valence-electron chi connectivity index (χ3n) is 1.94. The van der Waals surface area contributed by atoms with Gasteiger partial charge in [-0.1, -0.05) is 0 Å². The molecule has 5 nitrogen and oxygen atoms in total. The maximum Gasteiger partial charge on any atom is 0.152 e. The van der Waals surface area contributed by atoms with Gasteiger partial charge in [0.05, 0.1) is 12.6 Å². The average Bonchev–Trinajstić information content (AvgIpc) is 2.45. The smallest absolute Gasteiger partial charge is 0.152 e. The highest BCUT2D eigenvalue weighted by Gasteiger charge is 2.16. The lowest BCUT2D eigenvalue weighted by atomic mass is 10.3. The minimum atomic E-state index is -0.441. The summed E-state index contributed by atoms with van der Waals surface area (Å²) in [6, 6.07) is -0.175. The predicted molar refractivity (Wildman–Crippen MR) is 49.2 cm³/mol. The summed E-state index contributed by atoms with van der Waals surface area (Å²) in [5.74, 6) is 1.48. The van der Waals surface area contributed by atoms with Crippen LogP contribution in [0.5, 0.6) is 0 Å². The van der Waals surface area contributed by atoms with Crippen LogP contribution in [0.25, 0.3) is 0 Å². The van der Waals surface area contributed by atoms with E-state index >= 15 is 0 Å². The fourth-order valence-electron chi connectivity index (χ4n) is 1.36. The van der Waals surface area contributed by atoms with Crippen LogP contribution in [0.4, 0.5) is 0 Å². The van der Waals surface area contributed by atoms with E-state index in [1.807, 2.05) is 25.3 Å². The predicted octanol–water partition coefficient (Wildman–Crippen LogP) is 0.160. The van der Waals surface area contributed by atoms with Crippen LogP contribution < -0.4 is 5.73 Å². The first-order valence-corrected chi connectivity index (χ1v) is 4.35. The van der Waals surface area contributed by atoms with Gasteiger partial charge in [-0.25, -0.2) is 0 Å². The van der Waals surface area contributed by atoms with E-state index in [2.05, 4.69) is 10.2 Å². The van der Waals surface area contributed by atoms with Gasteiger partial charge in [0.15, 0.2) is 5.82 Å². The van der Waals surface area contributed by atoms with Gasteiger partial charge >= 0.3 is 0 Å². The Labute approximate surface area is 77.6 Å². The maximum absolute atomic E-state index is 8.90. The van der Waals surface area contributed by atoms with Crippen molar-refractivity contribution in [2.24, 2.45) is 5.73 Å². The van der Waals surface area contributed by atoms with Gasteiger partial charge in [-0.3, -0.25) is 0 Å². The molecule has 0 amide bonds. The van der Waals surface area contributed by atoms with Crippen molar-refractivity contribution in [3.63, 3.8) is 0 Å². The zero-order chi connectivity index (χ0) is 10.0. The molecule has 0 fully saturated rings. The molecule has 1 aromatic heterocycles. The molecule has 1 aromatic rings. The molecule has 0 radical (unpaired) electrons. The third kappa shape index (κ3) is 1.87. The lowest BCUT2D eigenvalue weighted by molar-refractivity contribution is 0.259. The van der Waals surface area contributed by atoms with E-state index in [4.69, 9.17) is 10.8 Å². The zero-order valence-corrected chi connectivity index (χ0v) is 8.23. The van der Waals surface area contributed by atoms with Crippen molar-refractivity contribution >= 4 is 0 Å². The molecule has 0 unspecified atom stereocenters. The number of aromatic nitrogens is 3. The van der Waals surface area contributed by atoms with Crippen LogP contribution in [-0.4, -0.2) is 26.5 Å². The molecule has 0 aliphatic rings. The quantitative estimate of drug-likeness (QED) is 0.701. The number of nitrogens with two attached hydrogens (primary N) is 1. The molecule has 1 heterocycles. The van der Waals surface area contributed by atoms with Crippen molar-refractivity contribution in [2.45, 2.75) is 32.9 Å². The first-order valence-electron chi connectivity index (χ1n) is 4.35. The SMILES string of the molecule is Cc1nnc([C@@H](N)CO)n1C(C)C. The number of rotatable bonds is 3. The second-order valence-electron chi connectivity index (χ2n) is 3.36. The Morgan fingerprint density at radius 1 is 1.46 bits per heavy atom. The second kappa shape index (κ2) is 3.85. The van der Waals surface area contributed by atoms with Crippen molar-refractivity contribution in [2.75, 3.05) is 6.61 Å². The van der Waals surface area contributed by atoms with Crippen LogP contribution in [0.1, 0.15) is 37.6 Å². The summed E-state index contributed by atoms with van der Waals surface area (Å²) in [5, 5.41) is 16.8. The summed E-state index contributed by atoms with van der Waals surface area (Å²) in [4.78, 5) is 0. The monoisotopic (exact) mass is 184 g/mol. The first-order chi connectivity index (χ1) is 6.07. The fourth-order valence-corrected chi connectivity index (χ4v) is 1.36. The van der Waals surface area contributed by atoms with E-state index in [9.17, 15) is 0 Å². The van der Waals surface area contributed by atoms with Gasteiger partial charge in [0.25, 0.3) is 0 Å². The molecule has 0 aliphatic carbocycles. The molecule has 74 valence electrons. The van der Waals surface area contributed by atoms with Crippen LogP contribution in [0.2, 0.25) is 0 Å². The zero-order valence-electron chi connectivity index (χ0n) is 8.23. The molecule has 0 saturated heterocycles. The molecule has 0 aliphatic heterocycles. The van der Waals surface area contributed by atoms with Crippen molar-refractivity contribution < 1.29 is 5.11 Å². The molecule has 13 heavy (non-hydrogen) atoms. The van der Waals surface area contributed by atoms with Gasteiger partial charge in [-0.05, 0) is 20.8 Å². The number of nitrogens with zero attached hydrogens (tertiary/aromatic N) is 3. The van der Waals surface area contributed by atoms with Crippen molar-refractivity contribution in [3.05, 3.63) is 11.6 Å². The Bertz CT molecular complexity index is 282. The first kappa shape index (κ1) is 10.1. The molecule has 0 saturated carbocycles. The number of hydrogen-bond donors (Lipinski definition) is 2. The van der Waals surface area contributed by atoms with Crippen molar-refractivity contribution in [1.29, 1.82) is 0 Å². The highest BCUT2D eigenvalue weighted by Crippen LogP contribution is 2.15. The van der Waals surface area contributed by atoms with Crippen LogP contribution >= 0.6 is 0 Å². The molecular formula is C8H16N4O. The molecule has 5 heteroatoms. The molecule has 0 bridgehead atoms. The molecule has 0 aromatic carbocycles. The van der Waals surface area contributed by atoms with Crippen LogP contribution in [0.15, 0.2) is 0 Å². The highest BCUT2D eigenvalue weighted by atomic mass is 16.3. The van der Waals surface area contributed by atoms with Gasteiger partial charge in [0.2, 0.25) is 0 Å². The van der Waals surface area contributed by atoms with Crippen molar-refractivity contribution in [1.82, 2.24) is 14.8 Å². The lowest BCUT2D eigenvalue weighted by Gasteiger charge is -2.15. The molecule has 3 N–H and O–H groups in total. The molecule has 0 spiro atoms. The van der Waals surface area contributed by atoms with E-state index in [0.717, 1.165) is 5.82 Å². The number of aryl methyl sites for hydroxylation is 1. The van der Waals surface area contributed by atoms with E-state index in [-0.39, 0.29) is 12.6 Å². The van der Waals surface area contributed by atoms with Gasteiger partial charge < -0.3 is 15.4 Å². The van der Waals surface area contributed by atoms with Crippen LogP contribution in [0, 0.1) is 6.92 Å². The number of aliphatic hydroxyl groups is 1. The summed E-state index contributed by atoms with van der Waals surface area (Å²) >= 11 is 0. The van der Waals surface area contributed by atoms with E-state index in [1.54, 1.807) is 0 Å². The van der Waals surface area contributed by atoms with Gasteiger partial charge in [0, 0.05) is 6.04 Å². The molecule has 1 rings (SSSR count). The summed E-state index contributed by atoms with van der Waals surface area (Å²) in [5.41, 5.74) is 5.67. The largest absolute Gasteiger partial charge is 0.394 e. The minimum Gasteiger partial charge on any atom is -0.394 e. The summed E-state index contributed by atoms with van der Waals surface area (Å²) in [6.45, 7) is 5.83. The van der Waals surface area contributed by atoms with Gasteiger partial charge in [-0.2, -0.15) is 0 Å². The van der Waals surface area contributed by atoms with E-state index in [1.165, 1.54) is 0 Å². The summed E-state index contributed by atoms with van der Waals surface area (Å²) < 4.78 is 1.93. The van der Waals surface area contributed by atoms with Crippen LogP contribution in [-0.2, 0) is 0 Å². The Morgan fingerprint density at radius 3 is 2.54 bits per heavy atom. The molecule has 1 atom stereocenters. The Hall–Kier alpha value is -0.940. The summed E-state index contributed by atoms with van der Waals surface area (Å²) in [6.07, 6.45) is 0. The van der Waals surface area contributed by atoms with Crippen LogP contribution in [0.3, 0.4) is 0 Å². The maximum atomic E-state index is 8.90. The van der Waals surface area contributed by atoms with Gasteiger partial charge in [-0.15, -0.1) is 10.2 Å². The van der Waals surface area contributed by atoms with Crippen molar-refractivity contribution in [3.8, 4) is 0 Å². The lowest BCUT2D eigenvalue weighted by Crippen LogP contribution is -2.21. The average molecular weight is 184 g/mol. The topological polar surface area (TPSA) is 77.0 Å². The van der Waals surface area contributed by atoms with E-state index in [0.29, 0.717) is 5.82 Å². The highest BCUT2D eigenvalue weighted by molar-refractivity contribution is 5.00. The third-order valence-corrected chi connectivity index (χ3v) is 1.94. The van der Waals surface area contributed by atoms with Gasteiger partial charge in [0.1, 0.15) is 5.82 Å². The Balaban J connectivity index is 3.07. The minimum absolute atomic E-state index is 0.106. The summed E-state index contributed by atoms with van der Waals surface area (Å²) in [7, 11) is 0.